The third-order valence-electron chi connectivity index (χ3n) is 9.41. The Balaban J connectivity index is 0.000000137. The number of imidazole rings is 2. The van der Waals surface area contributed by atoms with Crippen molar-refractivity contribution in [1.82, 2.24) is 24.1 Å². The first-order chi connectivity index (χ1) is 24.9. The van der Waals surface area contributed by atoms with E-state index in [2.05, 4.69) is 15.3 Å². The number of fused-ring (bicyclic) bond motifs is 8. The highest BCUT2D eigenvalue weighted by molar-refractivity contribution is 6.68. The van der Waals surface area contributed by atoms with Crippen molar-refractivity contribution < 1.29 is 14.7 Å². The van der Waals surface area contributed by atoms with Gasteiger partial charge in [0.15, 0.2) is 0 Å². The molecule has 4 heterocycles. The van der Waals surface area contributed by atoms with E-state index in [1.807, 2.05) is 84.9 Å². The van der Waals surface area contributed by atoms with Gasteiger partial charge < -0.3 is 10.4 Å². The number of carbonyl (C=O) groups excluding carboxylic acids is 2. The molecule has 2 N–H and O–H groups in total. The number of para-hydroxylation sites is 4. The lowest BCUT2D eigenvalue weighted by atomic mass is 9.97. The van der Waals surface area contributed by atoms with Gasteiger partial charge in [0.05, 0.1) is 28.7 Å². The zero-order valence-corrected chi connectivity index (χ0v) is 27.3. The van der Waals surface area contributed by atoms with E-state index >= 15 is 0 Å². The molecule has 51 heavy (non-hydrogen) atoms. The smallest absolute Gasteiger partial charge is 0.264 e. The Morgan fingerprint density at radius 3 is 1.57 bits per heavy atom. The molecule has 0 aliphatic heterocycles. The number of benzene rings is 6. The topological polar surface area (TPSA) is 135 Å². The third-order valence-corrected chi connectivity index (χ3v) is 9.61. The minimum Gasteiger partial charge on any atom is -0.395 e. The number of aliphatic hydroxyl groups excluding tert-OH is 1. The Morgan fingerprint density at radius 2 is 1.06 bits per heavy atom. The number of carbonyl (C=O) groups is 2. The molecule has 10 aromatic rings. The van der Waals surface area contributed by atoms with Crippen LogP contribution in [-0.4, -0.2) is 48.2 Å². The van der Waals surface area contributed by atoms with E-state index in [4.69, 9.17) is 16.7 Å². The largest absolute Gasteiger partial charge is 0.395 e. The van der Waals surface area contributed by atoms with Crippen LogP contribution in [0.5, 0.6) is 0 Å². The quantitative estimate of drug-likeness (QED) is 0.208. The maximum absolute atomic E-state index is 13.2. The van der Waals surface area contributed by atoms with E-state index in [-0.39, 0.29) is 30.2 Å². The Bertz CT molecular complexity index is 3190. The number of pyridine rings is 2. The van der Waals surface area contributed by atoms with E-state index in [1.54, 1.807) is 33.1 Å². The average molecular weight is 690 g/mol. The monoisotopic (exact) mass is 689 g/mol. The molecule has 4 aromatic heterocycles. The molecule has 0 radical (unpaired) electrons. The number of nitrogens with zero attached hydrogens (tertiary/aromatic N) is 4. The summed E-state index contributed by atoms with van der Waals surface area (Å²) >= 11 is 5.70. The van der Waals surface area contributed by atoms with Gasteiger partial charge in [-0.25, -0.2) is 9.97 Å². The van der Waals surface area contributed by atoms with Gasteiger partial charge in [-0.3, -0.25) is 28.0 Å². The number of rotatable bonds is 4. The Hall–Kier alpha value is -6.49. The number of hydrogen-bond donors (Lipinski definition) is 2. The Morgan fingerprint density at radius 1 is 0.588 bits per heavy atom. The number of hydrogen-bond acceptors (Lipinski definition) is 7. The van der Waals surface area contributed by atoms with E-state index < -0.39 is 5.24 Å². The summed E-state index contributed by atoms with van der Waals surface area (Å²) in [5, 5.41) is 16.7. The van der Waals surface area contributed by atoms with Crippen molar-refractivity contribution in [1.29, 1.82) is 0 Å². The summed E-state index contributed by atoms with van der Waals surface area (Å²) in [5.41, 5.74) is 4.83. The van der Waals surface area contributed by atoms with Crippen molar-refractivity contribution in [3.63, 3.8) is 0 Å². The van der Waals surface area contributed by atoms with Gasteiger partial charge in [-0.15, -0.1) is 0 Å². The molecule has 0 aliphatic carbocycles. The van der Waals surface area contributed by atoms with Gasteiger partial charge in [0.1, 0.15) is 11.3 Å². The summed E-state index contributed by atoms with van der Waals surface area (Å²) in [4.78, 5) is 59.8. The van der Waals surface area contributed by atoms with E-state index in [9.17, 15) is 19.2 Å². The zero-order chi connectivity index (χ0) is 35.0. The predicted octanol–water partition coefficient (Wildman–Crippen LogP) is 6.28. The maximum atomic E-state index is 13.2. The highest BCUT2D eigenvalue weighted by atomic mass is 35.5. The first-order valence-corrected chi connectivity index (χ1v) is 16.5. The van der Waals surface area contributed by atoms with E-state index in [0.29, 0.717) is 44.0 Å². The van der Waals surface area contributed by atoms with Crippen LogP contribution in [0, 0.1) is 0 Å². The van der Waals surface area contributed by atoms with Crippen LogP contribution < -0.4 is 16.4 Å². The molecule has 246 valence electrons. The van der Waals surface area contributed by atoms with Crippen molar-refractivity contribution in [2.45, 2.75) is 0 Å². The first kappa shape index (κ1) is 30.6. The molecule has 0 unspecified atom stereocenters. The lowest BCUT2D eigenvalue weighted by molar-refractivity contribution is 0.0946. The molecule has 0 bridgehead atoms. The summed E-state index contributed by atoms with van der Waals surface area (Å²) in [6, 6.07) is 32.9. The van der Waals surface area contributed by atoms with Gasteiger partial charge in [-0.1, -0.05) is 60.7 Å². The van der Waals surface area contributed by atoms with Crippen LogP contribution in [0.2, 0.25) is 0 Å². The summed E-state index contributed by atoms with van der Waals surface area (Å²) in [5.74, 6) is -0.278. The van der Waals surface area contributed by atoms with Crippen molar-refractivity contribution in [3.05, 3.63) is 141 Å². The summed E-state index contributed by atoms with van der Waals surface area (Å²) in [6.45, 7) is 0.0476. The molecule has 10 rings (SSSR count). The fourth-order valence-corrected chi connectivity index (χ4v) is 7.41. The van der Waals surface area contributed by atoms with Crippen molar-refractivity contribution in [3.8, 4) is 0 Å². The lowest BCUT2D eigenvalue weighted by Crippen LogP contribution is -2.26. The van der Waals surface area contributed by atoms with Crippen LogP contribution in [0.25, 0.3) is 76.5 Å². The molecular formula is C40H24ClN5O5. The van der Waals surface area contributed by atoms with E-state index in [0.717, 1.165) is 43.6 Å². The second-order valence-electron chi connectivity index (χ2n) is 12.2. The minimum atomic E-state index is -0.537. The lowest BCUT2D eigenvalue weighted by Gasteiger charge is -2.11. The van der Waals surface area contributed by atoms with Gasteiger partial charge in [0.25, 0.3) is 22.3 Å². The fraction of sp³-hybridized carbons (Fsp3) is 0.0500. The molecule has 0 aliphatic rings. The van der Waals surface area contributed by atoms with Gasteiger partial charge in [-0.2, -0.15) is 0 Å². The van der Waals surface area contributed by atoms with Gasteiger partial charge >= 0.3 is 0 Å². The minimum absolute atomic E-state index is 0.129. The Kier molecular flexibility index (Phi) is 6.92. The second kappa shape index (κ2) is 11.5. The van der Waals surface area contributed by atoms with Crippen molar-refractivity contribution >= 4 is 99.2 Å². The van der Waals surface area contributed by atoms with Crippen molar-refractivity contribution in [2.24, 2.45) is 0 Å². The number of aliphatic hydroxyl groups is 1. The summed E-state index contributed by atoms with van der Waals surface area (Å²) in [6.07, 6.45) is 0. The molecule has 0 fully saturated rings. The average Bonchev–Trinajstić information content (AvgIpc) is 3.75. The molecule has 0 atom stereocenters. The van der Waals surface area contributed by atoms with Crippen LogP contribution in [0.4, 0.5) is 0 Å². The molecule has 1 amide bonds. The zero-order valence-electron chi connectivity index (χ0n) is 26.6. The normalized spacial score (nSPS) is 11.8. The fourth-order valence-electron chi connectivity index (χ4n) is 7.24. The van der Waals surface area contributed by atoms with Gasteiger partial charge in [-0.05, 0) is 70.9 Å². The van der Waals surface area contributed by atoms with Crippen molar-refractivity contribution in [2.75, 3.05) is 13.2 Å². The number of aromatic nitrogens is 4. The van der Waals surface area contributed by atoms with Crippen LogP contribution in [0.1, 0.15) is 20.7 Å². The third kappa shape index (κ3) is 4.47. The maximum Gasteiger partial charge on any atom is 0.264 e. The Labute approximate surface area is 291 Å². The summed E-state index contributed by atoms with van der Waals surface area (Å²) < 4.78 is 3.27. The number of amides is 1. The highest BCUT2D eigenvalue weighted by Crippen LogP contribution is 2.33. The molecule has 11 heteroatoms. The molecule has 6 aromatic carbocycles. The molecule has 0 saturated carbocycles. The van der Waals surface area contributed by atoms with Crippen LogP contribution in [0.15, 0.2) is 119 Å². The molecule has 10 nitrogen and oxygen atoms in total. The number of nitrogens with one attached hydrogen (secondary N) is 1. The second-order valence-corrected chi connectivity index (χ2v) is 12.5. The standard InChI is InChI=1S/C21H15N3O3.C19H9ClN2O2/c25-11-10-22-20(26)13-8-9-15-18-12(13)4-3-5-14(18)19-23-16-6-1-2-7-17(16)24(19)21(15)27;20-17(23)11-8-9-13-16-10(11)4-3-5-12(16)18-21-14-6-1-2-7-15(14)22(18)19(13)24/h1-9,25H,10-11H2,(H,22,26);1-9H. The predicted molar refractivity (Wildman–Crippen MR) is 200 cm³/mol. The van der Waals surface area contributed by atoms with Crippen LogP contribution >= 0.6 is 11.6 Å². The molecule has 0 saturated heterocycles. The first-order valence-electron chi connectivity index (χ1n) is 16.1. The SMILES string of the molecule is O=C(Cl)c1ccc2c(=O)n3c4ccccc4nc3c3cccc1c23.O=C(NCCO)c1ccc2c(=O)n3c4ccccc4nc3c3cccc1c23. The number of halogens is 1. The summed E-state index contributed by atoms with van der Waals surface area (Å²) in [7, 11) is 0. The van der Waals surface area contributed by atoms with E-state index in [1.165, 1.54) is 0 Å². The van der Waals surface area contributed by atoms with Gasteiger partial charge in [0.2, 0.25) is 0 Å². The highest BCUT2D eigenvalue weighted by Gasteiger charge is 2.20. The molecule has 0 spiro atoms. The van der Waals surface area contributed by atoms with Crippen LogP contribution in [-0.2, 0) is 0 Å². The van der Waals surface area contributed by atoms with Crippen LogP contribution in [0.3, 0.4) is 0 Å². The van der Waals surface area contributed by atoms with Gasteiger partial charge in [0, 0.05) is 50.0 Å². The molecular weight excluding hydrogens is 666 g/mol.